The Morgan fingerprint density at radius 3 is 1.39 bits per heavy atom. The summed E-state index contributed by atoms with van der Waals surface area (Å²) in [6, 6.07) is 71.0. The van der Waals surface area contributed by atoms with Gasteiger partial charge in [0.05, 0.1) is 0 Å². The highest BCUT2D eigenvalue weighted by atomic mass is 32.1. The molecule has 0 amide bonds. The van der Waals surface area contributed by atoms with Gasteiger partial charge in [0.1, 0.15) is 0 Å². The van der Waals surface area contributed by atoms with Gasteiger partial charge in [-0.1, -0.05) is 182 Å². The van der Waals surface area contributed by atoms with E-state index in [9.17, 15) is 0 Å². The van der Waals surface area contributed by atoms with E-state index in [1.807, 2.05) is 11.3 Å². The molecule has 0 aliphatic rings. The van der Waals surface area contributed by atoms with E-state index in [1.165, 1.54) is 97.0 Å². The summed E-state index contributed by atoms with van der Waals surface area (Å²) in [5, 5.41) is 10.4. The van der Waals surface area contributed by atoms with Gasteiger partial charge in [-0.15, -0.1) is 24.0 Å². The molecule has 0 aliphatic carbocycles. The molecule has 0 atom stereocenters. The van der Waals surface area contributed by atoms with Crippen LogP contribution in [0.4, 0.5) is 0 Å². The van der Waals surface area contributed by atoms with Crippen molar-refractivity contribution in [3.05, 3.63) is 200 Å². The van der Waals surface area contributed by atoms with Gasteiger partial charge >= 0.3 is 0 Å². The van der Waals surface area contributed by atoms with Gasteiger partial charge in [0, 0.05) is 25.1 Å². The summed E-state index contributed by atoms with van der Waals surface area (Å²) < 4.78 is 2.64. The number of rotatable bonds is 5. The average Bonchev–Trinajstić information content (AvgIpc) is 3.66. The van der Waals surface area contributed by atoms with Crippen LogP contribution < -0.4 is 0 Å². The highest BCUT2D eigenvalue weighted by molar-refractivity contribution is 7.80. The Bertz CT molecular complexity index is 3330. The minimum absolute atomic E-state index is 0.985. The molecule has 0 bridgehead atoms. The van der Waals surface area contributed by atoms with Crippen molar-refractivity contribution in [2.45, 2.75) is 11.8 Å². The molecule has 0 nitrogen and oxygen atoms in total. The van der Waals surface area contributed by atoms with Crippen molar-refractivity contribution < 1.29 is 0 Å². The third-order valence-corrected chi connectivity index (χ3v) is 13.6. The smallest absolute Gasteiger partial charge is 0.0434 e. The van der Waals surface area contributed by atoms with E-state index < -0.39 is 0 Å². The van der Waals surface area contributed by atoms with Crippen molar-refractivity contribution in [3.8, 4) is 55.6 Å². The van der Waals surface area contributed by atoms with Crippen LogP contribution in [-0.2, 0) is 0 Å². The fourth-order valence-electron chi connectivity index (χ4n) is 9.06. The molecule has 0 fully saturated rings. The first kappa shape index (κ1) is 33.9. The van der Waals surface area contributed by atoms with Gasteiger partial charge in [0.2, 0.25) is 0 Å². The number of benzene rings is 10. The quantitative estimate of drug-likeness (QED) is 0.131. The van der Waals surface area contributed by atoms with Crippen molar-refractivity contribution in [3.63, 3.8) is 0 Å². The first-order valence-electron chi connectivity index (χ1n) is 19.5. The molecular weight excluding hydrogens is 725 g/mol. The zero-order chi connectivity index (χ0) is 38.0. The first-order valence-corrected chi connectivity index (χ1v) is 20.7. The molecule has 57 heavy (non-hydrogen) atoms. The Hall–Kier alpha value is -6.45. The fraction of sp³-hybridized carbons (Fsp3) is 0.0182. The van der Waals surface area contributed by atoms with Crippen LogP contribution >= 0.6 is 24.0 Å². The molecule has 0 saturated heterocycles. The third kappa shape index (κ3) is 5.51. The van der Waals surface area contributed by atoms with Crippen molar-refractivity contribution >= 4 is 76.5 Å². The van der Waals surface area contributed by atoms with Gasteiger partial charge in [-0.25, -0.2) is 0 Å². The maximum absolute atomic E-state index is 5.29. The molecule has 11 rings (SSSR count). The first-order chi connectivity index (χ1) is 28.1. The second-order valence-electron chi connectivity index (χ2n) is 14.9. The van der Waals surface area contributed by atoms with Crippen LogP contribution in [0.2, 0.25) is 0 Å². The van der Waals surface area contributed by atoms with Crippen molar-refractivity contribution in [2.24, 2.45) is 0 Å². The molecule has 1 heterocycles. The predicted molar refractivity (Wildman–Crippen MR) is 251 cm³/mol. The van der Waals surface area contributed by atoms with Gasteiger partial charge in [-0.05, 0) is 113 Å². The van der Waals surface area contributed by atoms with Crippen LogP contribution in [0, 0.1) is 6.92 Å². The minimum Gasteiger partial charge on any atom is -0.142 e. The van der Waals surface area contributed by atoms with Crippen LogP contribution in [0.3, 0.4) is 0 Å². The number of hydrogen-bond donors (Lipinski definition) is 1. The lowest BCUT2D eigenvalue weighted by molar-refractivity contribution is 1.39. The molecular formula is C55H36S2. The molecule has 0 aliphatic heterocycles. The third-order valence-electron chi connectivity index (χ3n) is 11.8. The second-order valence-corrected chi connectivity index (χ2v) is 16.4. The Balaban J connectivity index is 1.00. The summed E-state index contributed by atoms with van der Waals surface area (Å²) >= 11 is 7.18. The lowest BCUT2D eigenvalue weighted by Crippen LogP contribution is -1.92. The van der Waals surface area contributed by atoms with E-state index in [2.05, 4.69) is 201 Å². The number of fused-ring (bicyclic) bond motifs is 9. The Kier molecular flexibility index (Phi) is 8.10. The molecule has 2 heteroatoms. The Labute approximate surface area is 341 Å². The van der Waals surface area contributed by atoms with E-state index >= 15 is 0 Å². The van der Waals surface area contributed by atoms with E-state index in [1.54, 1.807) is 0 Å². The molecule has 1 aromatic heterocycles. The van der Waals surface area contributed by atoms with Crippen LogP contribution in [0.15, 0.2) is 199 Å². The van der Waals surface area contributed by atoms with Gasteiger partial charge in [-0.3, -0.25) is 0 Å². The number of thiol groups is 1. The van der Waals surface area contributed by atoms with E-state index in [0.717, 1.165) is 21.6 Å². The topological polar surface area (TPSA) is 0 Å². The summed E-state index contributed by atoms with van der Waals surface area (Å²) in [5.41, 5.74) is 13.3. The fourth-order valence-corrected chi connectivity index (χ4v) is 10.8. The van der Waals surface area contributed by atoms with E-state index in [-0.39, 0.29) is 0 Å². The molecule has 0 saturated carbocycles. The van der Waals surface area contributed by atoms with Crippen LogP contribution in [0.1, 0.15) is 5.56 Å². The number of thiophene rings is 1. The molecule has 10 aromatic carbocycles. The second kappa shape index (κ2) is 13.6. The van der Waals surface area contributed by atoms with Crippen molar-refractivity contribution in [1.82, 2.24) is 0 Å². The molecule has 0 spiro atoms. The highest BCUT2D eigenvalue weighted by Crippen LogP contribution is 2.46. The van der Waals surface area contributed by atoms with Crippen LogP contribution in [-0.4, -0.2) is 0 Å². The highest BCUT2D eigenvalue weighted by Gasteiger charge is 2.17. The van der Waals surface area contributed by atoms with Crippen molar-refractivity contribution in [1.29, 1.82) is 0 Å². The summed E-state index contributed by atoms with van der Waals surface area (Å²) in [7, 11) is 0. The molecule has 0 unspecified atom stereocenters. The predicted octanol–water partition coefficient (Wildman–Crippen LogP) is 16.4. The summed E-state index contributed by atoms with van der Waals surface area (Å²) in [6.07, 6.45) is 0. The maximum atomic E-state index is 5.29. The Morgan fingerprint density at radius 1 is 0.298 bits per heavy atom. The van der Waals surface area contributed by atoms with Crippen LogP contribution in [0.5, 0.6) is 0 Å². The monoisotopic (exact) mass is 760 g/mol. The van der Waals surface area contributed by atoms with Gasteiger partial charge in [0.25, 0.3) is 0 Å². The molecule has 0 N–H and O–H groups in total. The van der Waals surface area contributed by atoms with Crippen molar-refractivity contribution in [2.75, 3.05) is 0 Å². The zero-order valence-electron chi connectivity index (χ0n) is 31.3. The summed E-state index contributed by atoms with van der Waals surface area (Å²) in [5.74, 6) is 0. The van der Waals surface area contributed by atoms with Crippen LogP contribution in [0.25, 0.3) is 108 Å². The maximum Gasteiger partial charge on any atom is 0.0434 e. The minimum atomic E-state index is 0.985. The largest absolute Gasteiger partial charge is 0.142 e. The van der Waals surface area contributed by atoms with Gasteiger partial charge in [0.15, 0.2) is 0 Å². The normalized spacial score (nSPS) is 11.7. The summed E-state index contributed by atoms with van der Waals surface area (Å²) in [4.78, 5) is 0.985. The SMILES string of the molecule is Cc1c(-c2ccc3c4ccccc4c4ccccc4c3c2)cccc1-c1cccc(-c2cccc(-c3cccc4c3sc3c(-c5ccccc5)cccc34)c2)c1S. The number of hydrogen-bond acceptors (Lipinski definition) is 2. The zero-order valence-corrected chi connectivity index (χ0v) is 33.0. The van der Waals surface area contributed by atoms with Gasteiger partial charge < -0.3 is 0 Å². The van der Waals surface area contributed by atoms with Gasteiger partial charge in [-0.2, -0.15) is 0 Å². The summed E-state index contributed by atoms with van der Waals surface area (Å²) in [6.45, 7) is 2.25. The molecule has 0 radical (unpaired) electrons. The average molecular weight is 761 g/mol. The van der Waals surface area contributed by atoms with E-state index in [4.69, 9.17) is 12.6 Å². The molecule has 268 valence electrons. The lowest BCUT2D eigenvalue weighted by Gasteiger charge is -2.17. The molecule has 11 aromatic rings. The Morgan fingerprint density at radius 2 is 0.719 bits per heavy atom. The standard InChI is InChI=1S/C55H36S2/c1-34-39(38-30-31-48-46-20-6-5-18-44(46)45-19-7-8-21-47(45)52(48)33-38)22-10-23-40(34)49-27-11-24-41(53(49)56)36-16-9-17-37(32-36)43-26-13-29-51-50-28-12-25-42(54(50)57-55(43)51)35-14-3-2-4-15-35/h2-33,56H,1H3. The lowest BCUT2D eigenvalue weighted by atomic mass is 9.88. The van der Waals surface area contributed by atoms with E-state index in [0.29, 0.717) is 0 Å².